The Labute approximate surface area is 160 Å². The maximum atomic E-state index is 10.2. The molecule has 4 aromatic rings. The lowest BCUT2D eigenvalue weighted by Gasteiger charge is -2.22. The smallest absolute Gasteiger partial charge is 0.423 e. The van der Waals surface area contributed by atoms with Gasteiger partial charge >= 0.3 is 7.12 Å². The Morgan fingerprint density at radius 2 is 1.26 bits per heavy atom. The zero-order chi connectivity index (χ0) is 19.2. The van der Waals surface area contributed by atoms with Crippen LogP contribution in [0.1, 0.15) is 26.3 Å². The van der Waals surface area contributed by atoms with Crippen molar-refractivity contribution in [1.82, 2.24) is 0 Å². The fourth-order valence-corrected chi connectivity index (χ4v) is 3.87. The first-order chi connectivity index (χ1) is 12.9. The largest absolute Gasteiger partial charge is 0.489 e. The fraction of sp³-hybridized carbons (Fsp3) is 0.167. The molecule has 0 unspecified atom stereocenters. The second-order valence-electron chi connectivity index (χ2n) is 8.08. The van der Waals surface area contributed by atoms with Crippen molar-refractivity contribution in [3.05, 3.63) is 78.4 Å². The molecule has 0 amide bonds. The predicted octanol–water partition coefficient (Wildman–Crippen LogP) is 4.64. The molecule has 0 saturated carbocycles. The highest BCUT2D eigenvalue weighted by atomic mass is 16.4. The summed E-state index contributed by atoms with van der Waals surface area (Å²) >= 11 is 0. The molecule has 0 aliphatic rings. The number of hydrogen-bond donors (Lipinski definition) is 2. The average molecular weight is 354 g/mol. The van der Waals surface area contributed by atoms with Gasteiger partial charge in [0.15, 0.2) is 0 Å². The Morgan fingerprint density at radius 3 is 1.89 bits per heavy atom. The SMILES string of the molecule is CC(C)(C)c1ccc2c(B(O)O)c3ccccc3c(-c3ccccc3)c2c1. The summed E-state index contributed by atoms with van der Waals surface area (Å²) in [6, 6.07) is 24.6. The zero-order valence-electron chi connectivity index (χ0n) is 15.9. The summed E-state index contributed by atoms with van der Waals surface area (Å²) in [6.45, 7) is 6.58. The van der Waals surface area contributed by atoms with Crippen LogP contribution in [0.25, 0.3) is 32.7 Å². The summed E-state index contributed by atoms with van der Waals surface area (Å²) in [5, 5.41) is 24.2. The molecular weight excluding hydrogens is 331 g/mol. The van der Waals surface area contributed by atoms with Gasteiger partial charge in [-0.2, -0.15) is 0 Å². The molecule has 2 nitrogen and oxygen atoms in total. The van der Waals surface area contributed by atoms with Gasteiger partial charge in [-0.25, -0.2) is 0 Å². The van der Waals surface area contributed by atoms with Gasteiger partial charge in [0.1, 0.15) is 0 Å². The fourth-order valence-electron chi connectivity index (χ4n) is 3.87. The van der Waals surface area contributed by atoms with Crippen LogP contribution in [0.15, 0.2) is 72.8 Å². The molecule has 0 aromatic heterocycles. The highest BCUT2D eigenvalue weighted by molar-refractivity contribution is 6.66. The quantitative estimate of drug-likeness (QED) is 0.407. The minimum absolute atomic E-state index is 0.00574. The molecule has 4 rings (SSSR count). The molecule has 3 heteroatoms. The van der Waals surface area contributed by atoms with Gasteiger partial charge in [0.05, 0.1) is 0 Å². The van der Waals surface area contributed by atoms with Gasteiger partial charge in [-0.15, -0.1) is 0 Å². The van der Waals surface area contributed by atoms with Crippen molar-refractivity contribution in [2.45, 2.75) is 26.2 Å². The van der Waals surface area contributed by atoms with Crippen molar-refractivity contribution in [1.29, 1.82) is 0 Å². The molecule has 27 heavy (non-hydrogen) atoms. The van der Waals surface area contributed by atoms with E-state index in [2.05, 4.69) is 51.1 Å². The third kappa shape index (κ3) is 3.03. The highest BCUT2D eigenvalue weighted by Crippen LogP contribution is 2.37. The Balaban J connectivity index is 2.25. The minimum atomic E-state index is -1.53. The molecule has 4 aromatic carbocycles. The summed E-state index contributed by atoms with van der Waals surface area (Å²) in [6.07, 6.45) is 0. The number of hydrogen-bond acceptors (Lipinski definition) is 2. The standard InChI is InChI=1S/C24H23BO2/c1-24(2,3)17-13-14-20-21(15-17)22(16-9-5-4-6-10-16)18-11-7-8-12-19(18)23(20)25(26)27/h4-15,26-27H,1-3H3. The van der Waals surface area contributed by atoms with Crippen molar-refractivity contribution < 1.29 is 10.0 Å². The Hall–Kier alpha value is -2.62. The van der Waals surface area contributed by atoms with E-state index in [0.29, 0.717) is 5.46 Å². The van der Waals surface area contributed by atoms with E-state index in [0.717, 1.165) is 32.7 Å². The topological polar surface area (TPSA) is 40.5 Å². The van der Waals surface area contributed by atoms with Crippen molar-refractivity contribution in [3.63, 3.8) is 0 Å². The van der Waals surface area contributed by atoms with Crippen molar-refractivity contribution in [2.75, 3.05) is 0 Å². The van der Waals surface area contributed by atoms with E-state index in [1.54, 1.807) is 0 Å². The first-order valence-electron chi connectivity index (χ1n) is 9.28. The van der Waals surface area contributed by atoms with Crippen LogP contribution in [0, 0.1) is 0 Å². The maximum absolute atomic E-state index is 10.2. The van der Waals surface area contributed by atoms with Crippen LogP contribution in [0.2, 0.25) is 0 Å². The minimum Gasteiger partial charge on any atom is -0.423 e. The second kappa shape index (κ2) is 6.52. The van der Waals surface area contributed by atoms with E-state index in [4.69, 9.17) is 0 Å². The molecule has 0 fully saturated rings. The van der Waals surface area contributed by atoms with Crippen LogP contribution in [0.5, 0.6) is 0 Å². The number of fused-ring (bicyclic) bond motifs is 2. The third-order valence-corrected chi connectivity index (χ3v) is 5.25. The molecule has 0 heterocycles. The lowest BCUT2D eigenvalue weighted by molar-refractivity contribution is 0.426. The van der Waals surface area contributed by atoms with Crippen LogP contribution < -0.4 is 5.46 Å². The summed E-state index contributed by atoms with van der Waals surface area (Å²) < 4.78 is 0. The second-order valence-corrected chi connectivity index (χ2v) is 8.08. The summed E-state index contributed by atoms with van der Waals surface area (Å²) in [4.78, 5) is 0. The molecule has 0 bridgehead atoms. The third-order valence-electron chi connectivity index (χ3n) is 5.25. The van der Waals surface area contributed by atoms with Gasteiger partial charge in [0.25, 0.3) is 0 Å². The number of benzene rings is 4. The lowest BCUT2D eigenvalue weighted by atomic mass is 9.71. The molecule has 0 atom stereocenters. The van der Waals surface area contributed by atoms with Gasteiger partial charge in [-0.1, -0.05) is 87.5 Å². The van der Waals surface area contributed by atoms with Crippen LogP contribution in [-0.2, 0) is 5.41 Å². The highest BCUT2D eigenvalue weighted by Gasteiger charge is 2.23. The first-order valence-corrected chi connectivity index (χ1v) is 9.28. The Bertz CT molecular complexity index is 1130. The maximum Gasteiger partial charge on any atom is 0.489 e. The van der Waals surface area contributed by atoms with Crippen molar-refractivity contribution in [2.24, 2.45) is 0 Å². The monoisotopic (exact) mass is 354 g/mol. The van der Waals surface area contributed by atoms with Gasteiger partial charge in [0, 0.05) is 0 Å². The number of rotatable bonds is 2. The van der Waals surface area contributed by atoms with Crippen LogP contribution >= 0.6 is 0 Å². The van der Waals surface area contributed by atoms with Gasteiger partial charge in [0.2, 0.25) is 0 Å². The Kier molecular flexibility index (Phi) is 4.30. The normalized spacial score (nSPS) is 11.9. The molecule has 0 saturated heterocycles. The molecule has 0 aliphatic carbocycles. The Morgan fingerprint density at radius 1 is 0.667 bits per heavy atom. The lowest BCUT2D eigenvalue weighted by Crippen LogP contribution is -2.31. The van der Waals surface area contributed by atoms with E-state index in [9.17, 15) is 10.0 Å². The van der Waals surface area contributed by atoms with E-state index < -0.39 is 7.12 Å². The van der Waals surface area contributed by atoms with E-state index in [1.165, 1.54) is 5.56 Å². The van der Waals surface area contributed by atoms with E-state index in [1.807, 2.05) is 42.5 Å². The predicted molar refractivity (Wildman–Crippen MR) is 115 cm³/mol. The van der Waals surface area contributed by atoms with E-state index in [-0.39, 0.29) is 5.41 Å². The van der Waals surface area contributed by atoms with Gasteiger partial charge < -0.3 is 10.0 Å². The molecule has 0 aliphatic heterocycles. The molecular formula is C24H23BO2. The summed E-state index contributed by atoms with van der Waals surface area (Å²) in [5.41, 5.74) is 4.06. The van der Waals surface area contributed by atoms with Crippen molar-refractivity contribution in [3.8, 4) is 11.1 Å². The molecule has 0 spiro atoms. The molecule has 0 radical (unpaired) electrons. The average Bonchev–Trinajstić information content (AvgIpc) is 2.65. The van der Waals surface area contributed by atoms with Crippen LogP contribution in [0.3, 0.4) is 0 Å². The molecule has 2 N–H and O–H groups in total. The van der Waals surface area contributed by atoms with E-state index >= 15 is 0 Å². The van der Waals surface area contributed by atoms with Crippen molar-refractivity contribution >= 4 is 34.1 Å². The van der Waals surface area contributed by atoms with Gasteiger partial charge in [-0.3, -0.25) is 0 Å². The summed E-state index contributed by atoms with van der Waals surface area (Å²) in [5.74, 6) is 0. The van der Waals surface area contributed by atoms with Crippen LogP contribution in [-0.4, -0.2) is 17.2 Å². The van der Waals surface area contributed by atoms with Gasteiger partial charge in [-0.05, 0) is 55.2 Å². The zero-order valence-corrected chi connectivity index (χ0v) is 15.9. The molecule has 134 valence electrons. The summed E-state index contributed by atoms with van der Waals surface area (Å²) in [7, 11) is -1.53. The van der Waals surface area contributed by atoms with Crippen LogP contribution in [0.4, 0.5) is 0 Å². The first kappa shape index (κ1) is 17.8.